The van der Waals surface area contributed by atoms with Gasteiger partial charge in [0, 0.05) is 5.56 Å². The third-order valence-electron chi connectivity index (χ3n) is 2.05. The Balaban J connectivity index is 3.17. The summed E-state index contributed by atoms with van der Waals surface area (Å²) in [6.45, 7) is 1.26. The molecule has 0 aliphatic carbocycles. The molecule has 0 saturated carbocycles. The number of aldehydes is 1. The number of Topliss-reactive ketones (excluding diaryl/α,β-unsaturated/α-hetero) is 1. The Labute approximate surface area is 109 Å². The second-order valence-corrected chi connectivity index (χ2v) is 4.35. The van der Waals surface area contributed by atoms with Crippen LogP contribution in [0.2, 0.25) is 0 Å². The Morgan fingerprint density at radius 2 is 2.06 bits per heavy atom. The lowest BCUT2D eigenvalue weighted by molar-refractivity contribution is -0.274. The fourth-order valence-electron chi connectivity index (χ4n) is 1.30. The minimum atomic E-state index is -4.82. The summed E-state index contributed by atoms with van der Waals surface area (Å²) in [5.74, 6) is -0.809. The number of rotatable bonds is 4. The van der Waals surface area contributed by atoms with Crippen molar-refractivity contribution < 1.29 is 27.5 Å². The zero-order valence-corrected chi connectivity index (χ0v) is 10.7. The molecule has 7 heteroatoms. The molecule has 1 aromatic carbocycles. The van der Waals surface area contributed by atoms with Gasteiger partial charge in [-0.2, -0.15) is 0 Å². The lowest BCUT2D eigenvalue weighted by atomic mass is 10.0. The molecule has 0 aromatic heterocycles. The lowest BCUT2D eigenvalue weighted by Crippen LogP contribution is -2.17. The Kier molecular flexibility index (Phi) is 4.50. The molecule has 0 amide bonds. The van der Waals surface area contributed by atoms with E-state index in [-0.39, 0.29) is 16.9 Å². The van der Waals surface area contributed by atoms with E-state index >= 15 is 0 Å². The summed E-state index contributed by atoms with van der Waals surface area (Å²) >= 11 is 3.01. The van der Waals surface area contributed by atoms with Crippen LogP contribution in [0.5, 0.6) is 5.75 Å². The van der Waals surface area contributed by atoms with Crippen molar-refractivity contribution in [2.45, 2.75) is 18.1 Å². The molecule has 98 valence electrons. The van der Waals surface area contributed by atoms with Crippen LogP contribution >= 0.6 is 15.9 Å². The maximum absolute atomic E-state index is 12.0. The molecule has 0 saturated heterocycles. The molecule has 1 aromatic rings. The predicted octanol–water partition coefficient (Wildman–Crippen LogP) is 3.42. The van der Waals surface area contributed by atoms with Gasteiger partial charge in [0.05, 0.1) is 4.83 Å². The number of ether oxygens (including phenoxy) is 1. The van der Waals surface area contributed by atoms with Gasteiger partial charge in [0.2, 0.25) is 0 Å². The molecule has 1 atom stereocenters. The molecular weight excluding hydrogens is 317 g/mol. The first-order valence-electron chi connectivity index (χ1n) is 4.74. The van der Waals surface area contributed by atoms with E-state index in [0.717, 1.165) is 12.1 Å². The topological polar surface area (TPSA) is 43.4 Å². The third-order valence-corrected chi connectivity index (χ3v) is 3.19. The van der Waals surface area contributed by atoms with Gasteiger partial charge in [0.15, 0.2) is 0 Å². The fourth-order valence-corrected chi connectivity index (χ4v) is 1.69. The van der Waals surface area contributed by atoms with E-state index in [1.807, 2.05) is 0 Å². The van der Waals surface area contributed by atoms with E-state index < -0.39 is 16.9 Å². The Bertz CT molecular complexity index is 471. The average molecular weight is 325 g/mol. The maximum atomic E-state index is 12.0. The zero-order valence-electron chi connectivity index (χ0n) is 9.12. The van der Waals surface area contributed by atoms with Crippen LogP contribution in [-0.2, 0) is 4.79 Å². The van der Waals surface area contributed by atoms with E-state index in [2.05, 4.69) is 20.7 Å². The van der Waals surface area contributed by atoms with Gasteiger partial charge < -0.3 is 4.74 Å². The predicted molar refractivity (Wildman–Crippen MR) is 60.9 cm³/mol. The van der Waals surface area contributed by atoms with Crippen molar-refractivity contribution in [1.29, 1.82) is 0 Å². The number of ketones is 1. The summed E-state index contributed by atoms with van der Waals surface area (Å²) in [5.41, 5.74) is 0.265. The van der Waals surface area contributed by atoms with Crippen LogP contribution in [0.3, 0.4) is 0 Å². The number of carbonyl (C=O) groups is 2. The number of halogens is 4. The van der Waals surface area contributed by atoms with Crippen molar-refractivity contribution in [3.05, 3.63) is 29.3 Å². The van der Waals surface area contributed by atoms with Crippen LogP contribution in [0.15, 0.2) is 18.2 Å². The fraction of sp³-hybridized carbons (Fsp3) is 0.273. The van der Waals surface area contributed by atoms with Crippen LogP contribution in [0.4, 0.5) is 13.2 Å². The van der Waals surface area contributed by atoms with Gasteiger partial charge >= 0.3 is 6.36 Å². The monoisotopic (exact) mass is 324 g/mol. The highest BCUT2D eigenvalue weighted by atomic mass is 79.9. The zero-order chi connectivity index (χ0) is 13.9. The van der Waals surface area contributed by atoms with Crippen molar-refractivity contribution in [2.75, 3.05) is 0 Å². The Hall–Kier alpha value is -1.37. The summed E-state index contributed by atoms with van der Waals surface area (Å²) < 4.78 is 39.9. The molecule has 1 rings (SSSR count). The van der Waals surface area contributed by atoms with Crippen molar-refractivity contribution >= 4 is 28.0 Å². The Morgan fingerprint density at radius 3 is 2.50 bits per heavy atom. The maximum Gasteiger partial charge on any atom is 0.573 e. The first-order valence-corrected chi connectivity index (χ1v) is 5.65. The van der Waals surface area contributed by atoms with Crippen molar-refractivity contribution in [2.24, 2.45) is 0 Å². The molecule has 18 heavy (non-hydrogen) atoms. The highest BCUT2D eigenvalue weighted by molar-refractivity contribution is 9.09. The molecule has 0 fully saturated rings. The largest absolute Gasteiger partial charge is 0.573 e. The second-order valence-electron chi connectivity index (χ2n) is 3.43. The molecular formula is C11H8BrF3O3. The molecule has 3 nitrogen and oxygen atoms in total. The standard InChI is InChI=1S/C11H8BrF3O3/c1-6(17)10(12)9-4-8(18-11(13,14)15)3-2-7(9)5-16/h2-5,10H,1H3. The lowest BCUT2D eigenvalue weighted by Gasteiger charge is -2.13. The summed E-state index contributed by atoms with van der Waals surface area (Å²) in [5, 5.41) is 0. The van der Waals surface area contributed by atoms with Crippen LogP contribution < -0.4 is 4.74 Å². The third kappa shape index (κ3) is 3.83. The minimum Gasteiger partial charge on any atom is -0.406 e. The molecule has 1 unspecified atom stereocenters. The summed E-state index contributed by atoms with van der Waals surface area (Å²) in [6.07, 6.45) is -4.36. The van der Waals surface area contributed by atoms with E-state index in [4.69, 9.17) is 0 Å². The summed E-state index contributed by atoms with van der Waals surface area (Å²) in [7, 11) is 0. The van der Waals surface area contributed by atoms with Crippen LogP contribution in [0.25, 0.3) is 0 Å². The van der Waals surface area contributed by atoms with E-state index in [1.54, 1.807) is 0 Å². The molecule has 0 radical (unpaired) electrons. The average Bonchev–Trinajstić information content (AvgIpc) is 2.25. The van der Waals surface area contributed by atoms with Gasteiger partial charge in [-0.1, -0.05) is 15.9 Å². The molecule has 0 N–H and O–H groups in total. The van der Waals surface area contributed by atoms with Gasteiger partial charge in [-0.25, -0.2) is 0 Å². The second kappa shape index (κ2) is 5.51. The summed E-state index contributed by atoms with van der Waals surface area (Å²) in [6, 6.07) is 3.19. The van der Waals surface area contributed by atoms with Gasteiger partial charge in [0.25, 0.3) is 0 Å². The van der Waals surface area contributed by atoms with Gasteiger partial charge in [-0.05, 0) is 30.7 Å². The molecule has 0 spiro atoms. The first kappa shape index (κ1) is 14.7. The summed E-state index contributed by atoms with van der Waals surface area (Å²) in [4.78, 5) is 21.1. The molecule has 0 aliphatic heterocycles. The smallest absolute Gasteiger partial charge is 0.406 e. The minimum absolute atomic E-state index is 0.126. The highest BCUT2D eigenvalue weighted by Crippen LogP contribution is 2.31. The van der Waals surface area contributed by atoms with E-state index in [0.29, 0.717) is 6.29 Å². The molecule has 0 heterocycles. The number of hydrogen-bond donors (Lipinski definition) is 0. The van der Waals surface area contributed by atoms with Crippen LogP contribution in [-0.4, -0.2) is 18.4 Å². The van der Waals surface area contributed by atoms with Crippen molar-refractivity contribution in [3.63, 3.8) is 0 Å². The van der Waals surface area contributed by atoms with Crippen LogP contribution in [0.1, 0.15) is 27.7 Å². The Morgan fingerprint density at radius 1 is 1.44 bits per heavy atom. The first-order chi connectivity index (χ1) is 8.24. The van der Waals surface area contributed by atoms with Crippen molar-refractivity contribution in [1.82, 2.24) is 0 Å². The quantitative estimate of drug-likeness (QED) is 0.629. The number of alkyl halides is 4. The number of hydrogen-bond acceptors (Lipinski definition) is 3. The normalized spacial score (nSPS) is 12.9. The van der Waals surface area contributed by atoms with E-state index in [1.165, 1.54) is 13.0 Å². The van der Waals surface area contributed by atoms with Gasteiger partial charge in [-0.3, -0.25) is 9.59 Å². The van der Waals surface area contributed by atoms with E-state index in [9.17, 15) is 22.8 Å². The number of benzene rings is 1. The number of carbonyl (C=O) groups excluding carboxylic acids is 2. The van der Waals surface area contributed by atoms with Gasteiger partial charge in [-0.15, -0.1) is 13.2 Å². The molecule has 0 bridgehead atoms. The van der Waals surface area contributed by atoms with Gasteiger partial charge in [0.1, 0.15) is 17.8 Å². The van der Waals surface area contributed by atoms with Crippen molar-refractivity contribution in [3.8, 4) is 5.75 Å². The van der Waals surface area contributed by atoms with Crippen LogP contribution in [0, 0.1) is 0 Å². The SMILES string of the molecule is CC(=O)C(Br)c1cc(OC(F)(F)F)ccc1C=O. The highest BCUT2D eigenvalue weighted by Gasteiger charge is 2.31. The molecule has 0 aliphatic rings.